The summed E-state index contributed by atoms with van der Waals surface area (Å²) in [7, 11) is 0. The number of carbonyl (C=O) groups excluding carboxylic acids is 1. The smallest absolute Gasteiger partial charge is 0.332 e. The number of benzene rings is 1. The first-order valence-electron chi connectivity index (χ1n) is 7.58. The van der Waals surface area contributed by atoms with E-state index in [9.17, 15) is 4.79 Å². The molecule has 22 heavy (non-hydrogen) atoms. The van der Waals surface area contributed by atoms with Crippen LogP contribution in [0.1, 0.15) is 31.2 Å². The van der Waals surface area contributed by atoms with Crippen molar-refractivity contribution in [1.82, 2.24) is 14.8 Å². The fourth-order valence-electron chi connectivity index (χ4n) is 2.61. The van der Waals surface area contributed by atoms with Gasteiger partial charge >= 0.3 is 5.97 Å². The first kappa shape index (κ1) is 14.5. The third-order valence-corrected chi connectivity index (χ3v) is 3.73. The van der Waals surface area contributed by atoms with Gasteiger partial charge in [0.1, 0.15) is 12.4 Å². The third kappa shape index (κ3) is 3.61. The molecule has 1 saturated carbocycles. The summed E-state index contributed by atoms with van der Waals surface area (Å²) in [6.07, 6.45) is 8.86. The maximum atomic E-state index is 11.7. The maximum absolute atomic E-state index is 11.7. The van der Waals surface area contributed by atoms with Crippen molar-refractivity contribution >= 4 is 12.2 Å². The van der Waals surface area contributed by atoms with Gasteiger partial charge in [-0.2, -0.15) is 0 Å². The monoisotopic (exact) mass is 297 g/mol. The first-order valence-corrected chi connectivity index (χ1v) is 7.58. The highest BCUT2D eigenvalue weighted by Gasteiger charge is 2.17. The van der Waals surface area contributed by atoms with Crippen LogP contribution in [0.4, 0.5) is 0 Å². The quantitative estimate of drug-likeness (QED) is 0.642. The van der Waals surface area contributed by atoms with E-state index in [1.807, 2.05) is 31.2 Å². The minimum atomic E-state index is -0.320. The van der Waals surface area contributed by atoms with Gasteiger partial charge in [-0.05, 0) is 38.7 Å². The molecule has 1 heterocycles. The standard InChI is InChI=1S/C17H19N3O2/c1-13-5-4-6-14(11-13)17-18-12-20(19-17)10-9-16(21)22-15-7-2-3-8-15/h4-6,9-12,15H,2-3,7-8H2,1H3/b10-9-. The van der Waals surface area contributed by atoms with Crippen LogP contribution >= 0.6 is 0 Å². The van der Waals surface area contributed by atoms with Gasteiger partial charge < -0.3 is 4.74 Å². The van der Waals surface area contributed by atoms with Crippen LogP contribution in [0.25, 0.3) is 17.6 Å². The Labute approximate surface area is 129 Å². The number of esters is 1. The van der Waals surface area contributed by atoms with Gasteiger partial charge in [-0.3, -0.25) is 0 Å². The van der Waals surface area contributed by atoms with Gasteiger partial charge in [0.25, 0.3) is 0 Å². The van der Waals surface area contributed by atoms with Gasteiger partial charge in [0, 0.05) is 17.8 Å². The molecule has 5 heteroatoms. The molecule has 1 aliphatic carbocycles. The van der Waals surface area contributed by atoms with Crippen LogP contribution < -0.4 is 0 Å². The number of nitrogens with zero attached hydrogens (tertiary/aromatic N) is 3. The summed E-state index contributed by atoms with van der Waals surface area (Å²) in [6.45, 7) is 2.03. The lowest BCUT2D eigenvalue weighted by Gasteiger charge is -2.08. The molecular formula is C17H19N3O2. The lowest BCUT2D eigenvalue weighted by molar-refractivity contribution is -0.142. The van der Waals surface area contributed by atoms with Crippen molar-refractivity contribution < 1.29 is 9.53 Å². The van der Waals surface area contributed by atoms with Crippen molar-refractivity contribution in [2.24, 2.45) is 0 Å². The van der Waals surface area contributed by atoms with Gasteiger partial charge in [-0.1, -0.05) is 23.8 Å². The predicted molar refractivity (Wildman–Crippen MR) is 83.9 cm³/mol. The molecule has 5 nitrogen and oxygen atoms in total. The van der Waals surface area contributed by atoms with Crippen LogP contribution in [0.3, 0.4) is 0 Å². The Kier molecular flexibility index (Phi) is 4.32. The zero-order chi connectivity index (χ0) is 15.4. The molecule has 0 saturated heterocycles. The number of hydrogen-bond acceptors (Lipinski definition) is 4. The molecule has 3 rings (SSSR count). The molecule has 0 spiro atoms. The van der Waals surface area contributed by atoms with E-state index in [2.05, 4.69) is 10.1 Å². The van der Waals surface area contributed by atoms with Gasteiger partial charge in [0.15, 0.2) is 5.82 Å². The summed E-state index contributed by atoms with van der Waals surface area (Å²) in [5.74, 6) is 0.317. The second kappa shape index (κ2) is 6.56. The molecule has 0 N–H and O–H groups in total. The average Bonchev–Trinajstić information content (AvgIpc) is 3.16. The van der Waals surface area contributed by atoms with Gasteiger partial charge in [-0.25, -0.2) is 14.5 Å². The van der Waals surface area contributed by atoms with Crippen LogP contribution in [0.15, 0.2) is 36.7 Å². The zero-order valence-corrected chi connectivity index (χ0v) is 12.6. The van der Waals surface area contributed by atoms with Gasteiger partial charge in [0.2, 0.25) is 0 Å². The van der Waals surface area contributed by atoms with E-state index in [-0.39, 0.29) is 12.1 Å². The fourth-order valence-corrected chi connectivity index (χ4v) is 2.61. The van der Waals surface area contributed by atoms with Gasteiger partial charge in [0.05, 0.1) is 0 Å². The minimum Gasteiger partial charge on any atom is -0.459 e. The summed E-state index contributed by atoms with van der Waals surface area (Å²) in [5, 5.41) is 4.34. The van der Waals surface area contributed by atoms with Crippen molar-refractivity contribution in [1.29, 1.82) is 0 Å². The second-order valence-electron chi connectivity index (χ2n) is 5.58. The van der Waals surface area contributed by atoms with E-state index in [0.717, 1.165) is 36.8 Å². The second-order valence-corrected chi connectivity index (χ2v) is 5.58. The first-order chi connectivity index (χ1) is 10.7. The van der Waals surface area contributed by atoms with Gasteiger partial charge in [-0.15, -0.1) is 5.10 Å². The van der Waals surface area contributed by atoms with Crippen LogP contribution in [0, 0.1) is 6.92 Å². The van der Waals surface area contributed by atoms with E-state index in [0.29, 0.717) is 5.82 Å². The van der Waals surface area contributed by atoms with Crippen LogP contribution in [0.2, 0.25) is 0 Å². The van der Waals surface area contributed by atoms with Crippen molar-refractivity contribution in [3.63, 3.8) is 0 Å². The average molecular weight is 297 g/mol. The third-order valence-electron chi connectivity index (χ3n) is 3.73. The zero-order valence-electron chi connectivity index (χ0n) is 12.6. The highest BCUT2D eigenvalue weighted by molar-refractivity contribution is 5.85. The molecule has 0 atom stereocenters. The highest BCUT2D eigenvalue weighted by Crippen LogP contribution is 2.21. The summed E-state index contributed by atoms with van der Waals surface area (Å²) in [6, 6.07) is 7.99. The van der Waals surface area contributed by atoms with Crippen LogP contribution in [-0.2, 0) is 9.53 Å². The van der Waals surface area contributed by atoms with Crippen molar-refractivity contribution in [2.75, 3.05) is 0 Å². The Morgan fingerprint density at radius 2 is 2.18 bits per heavy atom. The number of ether oxygens (including phenoxy) is 1. The van der Waals surface area contributed by atoms with E-state index < -0.39 is 0 Å². The van der Waals surface area contributed by atoms with Crippen molar-refractivity contribution in [2.45, 2.75) is 38.7 Å². The van der Waals surface area contributed by atoms with Crippen LogP contribution in [-0.4, -0.2) is 26.8 Å². The molecular weight excluding hydrogens is 278 g/mol. The van der Waals surface area contributed by atoms with E-state index in [4.69, 9.17) is 4.74 Å². The topological polar surface area (TPSA) is 57.0 Å². The number of aromatic nitrogens is 3. The van der Waals surface area contributed by atoms with Crippen LogP contribution in [0.5, 0.6) is 0 Å². The Bertz CT molecular complexity index is 685. The SMILES string of the molecule is Cc1cccc(-c2ncn(/C=C\C(=O)OC3CCCC3)n2)c1. The summed E-state index contributed by atoms with van der Waals surface area (Å²) in [4.78, 5) is 16.0. The van der Waals surface area contributed by atoms with Crippen molar-refractivity contribution in [3.8, 4) is 11.4 Å². The number of rotatable bonds is 4. The number of aryl methyl sites for hydroxylation is 1. The Morgan fingerprint density at radius 3 is 2.95 bits per heavy atom. The minimum absolute atomic E-state index is 0.0794. The largest absolute Gasteiger partial charge is 0.459 e. The molecule has 0 radical (unpaired) electrons. The number of carbonyl (C=O) groups is 1. The molecule has 0 amide bonds. The molecule has 0 bridgehead atoms. The Hall–Kier alpha value is -2.43. The van der Waals surface area contributed by atoms with E-state index in [1.54, 1.807) is 12.5 Å². The molecule has 0 unspecified atom stereocenters. The summed E-state index contributed by atoms with van der Waals surface area (Å²) < 4.78 is 6.87. The normalized spacial score (nSPS) is 15.5. The lowest BCUT2D eigenvalue weighted by Crippen LogP contribution is -2.12. The van der Waals surface area contributed by atoms with E-state index in [1.165, 1.54) is 10.8 Å². The maximum Gasteiger partial charge on any atom is 0.332 e. The van der Waals surface area contributed by atoms with Crippen molar-refractivity contribution in [3.05, 3.63) is 42.2 Å². The summed E-state index contributed by atoms with van der Waals surface area (Å²) >= 11 is 0. The Balaban J connectivity index is 1.63. The Morgan fingerprint density at radius 1 is 1.36 bits per heavy atom. The predicted octanol–water partition coefficient (Wildman–Crippen LogP) is 3.21. The number of hydrogen-bond donors (Lipinski definition) is 0. The molecule has 1 aromatic carbocycles. The molecule has 1 fully saturated rings. The molecule has 114 valence electrons. The molecule has 0 aliphatic heterocycles. The fraction of sp³-hybridized carbons (Fsp3) is 0.353. The van der Waals surface area contributed by atoms with E-state index >= 15 is 0 Å². The summed E-state index contributed by atoms with van der Waals surface area (Å²) in [5.41, 5.74) is 2.12. The molecule has 1 aliphatic rings. The molecule has 1 aromatic heterocycles. The highest BCUT2D eigenvalue weighted by atomic mass is 16.5. The molecule has 2 aromatic rings. The lowest BCUT2D eigenvalue weighted by atomic mass is 10.1.